The number of aromatic carboxylic acids is 1. The van der Waals surface area contributed by atoms with Gasteiger partial charge in [-0.2, -0.15) is 13.2 Å². The molecule has 0 spiro atoms. The smallest absolute Gasteiger partial charge is 0.437 e. The Labute approximate surface area is 147 Å². The first kappa shape index (κ1) is 18.4. The zero-order chi connectivity index (χ0) is 18.9. The Kier molecular flexibility index (Phi) is 4.76. The van der Waals surface area contributed by atoms with Crippen molar-refractivity contribution >= 4 is 11.9 Å². The van der Waals surface area contributed by atoms with Crippen LogP contribution in [-0.4, -0.2) is 51.8 Å². The number of likely N-dealkylation sites (tertiary alicyclic amines) is 1. The molecule has 2 aliphatic heterocycles. The van der Waals surface area contributed by atoms with E-state index in [-0.39, 0.29) is 30.4 Å². The van der Waals surface area contributed by atoms with Gasteiger partial charge in [0.05, 0.1) is 0 Å². The molecule has 3 heterocycles. The number of nitrogens with zero attached hydrogens (tertiary/aromatic N) is 3. The molecule has 0 bridgehead atoms. The highest BCUT2D eigenvalue weighted by Gasteiger charge is 2.64. The zero-order valence-corrected chi connectivity index (χ0v) is 13.9. The van der Waals surface area contributed by atoms with Gasteiger partial charge in [-0.25, -0.2) is 4.79 Å². The summed E-state index contributed by atoms with van der Waals surface area (Å²) in [5.41, 5.74) is -1.41. The van der Waals surface area contributed by atoms with Crippen LogP contribution in [0.5, 0.6) is 0 Å². The fraction of sp³-hybridized carbons (Fsp3) is 0.625. The number of aromatic amines is 1. The molecule has 0 atom stereocenters. The maximum absolute atomic E-state index is 12.9. The topological polar surface area (TPSA) is 98.1 Å². The highest BCUT2D eigenvalue weighted by atomic mass is 19.4. The average molecular weight is 372 g/mol. The van der Waals surface area contributed by atoms with Gasteiger partial charge in [-0.15, -0.1) is 10.2 Å². The van der Waals surface area contributed by atoms with Crippen molar-refractivity contribution in [3.05, 3.63) is 23.5 Å². The van der Waals surface area contributed by atoms with Gasteiger partial charge in [0.1, 0.15) is 5.69 Å². The maximum Gasteiger partial charge on any atom is 0.437 e. The first-order valence-electron chi connectivity index (χ1n) is 8.39. The standard InChI is InChI=1S/C16H19F3N4O3/c17-16(18,19)15(21-22-15)8-10-3-5-23(6-4-10)13(24)2-1-11-7-12(14(25)26)20-9-11/h7,9-10,20H,1-6,8H2,(H,25,26). The second kappa shape index (κ2) is 6.73. The summed E-state index contributed by atoms with van der Waals surface area (Å²) in [7, 11) is 0. The van der Waals surface area contributed by atoms with Crippen molar-refractivity contribution in [2.24, 2.45) is 16.1 Å². The molecule has 7 nitrogen and oxygen atoms in total. The van der Waals surface area contributed by atoms with Crippen LogP contribution in [0.25, 0.3) is 0 Å². The molecule has 26 heavy (non-hydrogen) atoms. The van der Waals surface area contributed by atoms with E-state index in [1.165, 1.54) is 6.07 Å². The number of rotatable bonds is 6. The lowest BCUT2D eigenvalue weighted by Gasteiger charge is -2.33. The number of H-pyrrole nitrogens is 1. The molecule has 3 rings (SSSR count). The second-order valence-corrected chi connectivity index (χ2v) is 6.77. The summed E-state index contributed by atoms with van der Waals surface area (Å²) in [5, 5.41) is 15.3. The Bertz CT molecular complexity index is 715. The van der Waals surface area contributed by atoms with Crippen LogP contribution in [0.4, 0.5) is 13.2 Å². The first-order chi connectivity index (χ1) is 12.2. The molecule has 2 N–H and O–H groups in total. The highest BCUT2D eigenvalue weighted by Crippen LogP contribution is 2.49. The number of carbonyl (C=O) groups excluding carboxylic acids is 1. The molecule has 1 amide bonds. The summed E-state index contributed by atoms with van der Waals surface area (Å²) in [5.74, 6) is -1.29. The summed E-state index contributed by atoms with van der Waals surface area (Å²) < 4.78 is 38.6. The van der Waals surface area contributed by atoms with Gasteiger partial charge in [0, 0.05) is 32.1 Å². The molecule has 0 aromatic carbocycles. The predicted octanol–water partition coefficient (Wildman–Crippen LogP) is 3.00. The lowest BCUT2D eigenvalue weighted by atomic mass is 9.88. The van der Waals surface area contributed by atoms with Crippen LogP contribution >= 0.6 is 0 Å². The SMILES string of the molecule is O=C(O)c1cc(CCC(=O)N2CCC(CC3(C(F)(F)F)N=N3)CC2)c[nH]1. The number of carboxylic acids is 1. The summed E-state index contributed by atoms with van der Waals surface area (Å²) in [6, 6.07) is 1.49. The number of piperidine rings is 1. The van der Waals surface area contributed by atoms with Gasteiger partial charge in [0.2, 0.25) is 5.91 Å². The fourth-order valence-corrected chi connectivity index (χ4v) is 3.28. The van der Waals surface area contributed by atoms with Gasteiger partial charge >= 0.3 is 12.1 Å². The van der Waals surface area contributed by atoms with Crippen LogP contribution in [0.2, 0.25) is 0 Å². The highest BCUT2D eigenvalue weighted by molar-refractivity contribution is 5.85. The first-order valence-corrected chi connectivity index (χ1v) is 8.39. The number of nitrogens with one attached hydrogen (secondary N) is 1. The van der Waals surface area contributed by atoms with E-state index in [1.54, 1.807) is 11.1 Å². The van der Waals surface area contributed by atoms with Gasteiger partial charge in [-0.1, -0.05) is 0 Å². The Morgan fingerprint density at radius 2 is 1.96 bits per heavy atom. The van der Waals surface area contributed by atoms with Gasteiger partial charge in [0.25, 0.3) is 5.66 Å². The predicted molar refractivity (Wildman–Crippen MR) is 83.6 cm³/mol. The molecule has 1 fully saturated rings. The Morgan fingerprint density at radius 3 is 2.46 bits per heavy atom. The second-order valence-electron chi connectivity index (χ2n) is 6.77. The summed E-state index contributed by atoms with van der Waals surface area (Å²) >= 11 is 0. The summed E-state index contributed by atoms with van der Waals surface area (Å²) in [6.07, 6.45) is -1.37. The Hall–Kier alpha value is -2.39. The van der Waals surface area contributed by atoms with E-state index in [1.807, 2.05) is 0 Å². The van der Waals surface area contributed by atoms with Gasteiger partial charge in [0.15, 0.2) is 0 Å². The van der Waals surface area contributed by atoms with Gasteiger partial charge in [-0.05, 0) is 36.8 Å². The molecule has 1 aromatic heterocycles. The molecular weight excluding hydrogens is 353 g/mol. The number of aryl methyl sites for hydroxylation is 1. The number of halogens is 3. The number of carbonyl (C=O) groups is 2. The lowest BCUT2D eigenvalue weighted by molar-refractivity contribution is -0.168. The minimum Gasteiger partial charge on any atom is -0.477 e. The van der Waals surface area contributed by atoms with Crippen LogP contribution in [0.3, 0.4) is 0 Å². The third-order valence-corrected chi connectivity index (χ3v) is 4.94. The number of alkyl halides is 3. The molecule has 0 unspecified atom stereocenters. The van der Waals surface area contributed by atoms with Crippen LogP contribution in [0, 0.1) is 5.92 Å². The quantitative estimate of drug-likeness (QED) is 0.803. The van der Waals surface area contributed by atoms with Gasteiger partial charge in [-0.3, -0.25) is 4.79 Å². The average Bonchev–Trinajstić information content (AvgIpc) is 3.21. The van der Waals surface area contributed by atoms with Crippen molar-refractivity contribution in [1.82, 2.24) is 9.88 Å². The third-order valence-electron chi connectivity index (χ3n) is 4.94. The normalized spacial score (nSPS) is 19.6. The Morgan fingerprint density at radius 1 is 1.31 bits per heavy atom. The van der Waals surface area contributed by atoms with Crippen LogP contribution in [-0.2, 0) is 11.2 Å². The fourth-order valence-electron chi connectivity index (χ4n) is 3.28. The number of hydrogen-bond acceptors (Lipinski definition) is 4. The van der Waals surface area contributed by atoms with Crippen molar-refractivity contribution in [2.75, 3.05) is 13.1 Å². The van der Waals surface area contributed by atoms with Crippen LogP contribution in [0.15, 0.2) is 22.5 Å². The van der Waals surface area contributed by atoms with E-state index in [0.717, 1.165) is 5.56 Å². The van der Waals surface area contributed by atoms with Crippen LogP contribution < -0.4 is 0 Å². The number of carboxylic acid groups (broad SMARTS) is 1. The molecule has 0 aliphatic carbocycles. The van der Waals surface area contributed by atoms with Crippen LogP contribution in [0.1, 0.15) is 41.7 Å². The van der Waals surface area contributed by atoms with Crippen molar-refractivity contribution in [3.63, 3.8) is 0 Å². The molecule has 10 heteroatoms. The van der Waals surface area contributed by atoms with E-state index in [2.05, 4.69) is 15.2 Å². The minimum absolute atomic E-state index is 0.0720. The lowest BCUT2D eigenvalue weighted by Crippen LogP contribution is -2.41. The minimum atomic E-state index is -4.44. The van der Waals surface area contributed by atoms with Crippen molar-refractivity contribution in [3.8, 4) is 0 Å². The number of amides is 1. The van der Waals surface area contributed by atoms with E-state index >= 15 is 0 Å². The molecule has 1 aromatic rings. The van der Waals surface area contributed by atoms with Crippen molar-refractivity contribution in [1.29, 1.82) is 0 Å². The third kappa shape index (κ3) is 3.88. The Balaban J connectivity index is 1.43. The van der Waals surface area contributed by atoms with Crippen molar-refractivity contribution < 1.29 is 27.9 Å². The van der Waals surface area contributed by atoms with E-state index in [0.29, 0.717) is 32.4 Å². The van der Waals surface area contributed by atoms with Crippen molar-refractivity contribution in [2.45, 2.75) is 43.9 Å². The molecule has 142 valence electrons. The largest absolute Gasteiger partial charge is 0.477 e. The zero-order valence-electron chi connectivity index (χ0n) is 13.9. The van der Waals surface area contributed by atoms with E-state index < -0.39 is 17.8 Å². The molecule has 0 radical (unpaired) electrons. The number of hydrogen-bond donors (Lipinski definition) is 2. The molecular formula is C16H19F3N4O3. The van der Waals surface area contributed by atoms with E-state index in [4.69, 9.17) is 5.11 Å². The van der Waals surface area contributed by atoms with Gasteiger partial charge < -0.3 is 15.0 Å². The van der Waals surface area contributed by atoms with E-state index in [9.17, 15) is 22.8 Å². The monoisotopic (exact) mass is 372 g/mol. The number of aromatic nitrogens is 1. The maximum atomic E-state index is 12.9. The molecule has 2 aliphatic rings. The molecule has 0 saturated carbocycles. The summed E-state index contributed by atoms with van der Waals surface area (Å²) in [4.78, 5) is 27.3. The summed E-state index contributed by atoms with van der Waals surface area (Å²) in [6.45, 7) is 0.843. The molecule has 1 saturated heterocycles.